The van der Waals surface area contributed by atoms with Gasteiger partial charge in [-0.15, -0.1) is 0 Å². The number of rotatable bonds is 7. The van der Waals surface area contributed by atoms with Gasteiger partial charge in [0.25, 0.3) is 5.91 Å². The Labute approximate surface area is 180 Å². The quantitative estimate of drug-likeness (QED) is 0.517. The van der Waals surface area contributed by atoms with Gasteiger partial charge in [-0.05, 0) is 49.2 Å². The lowest BCUT2D eigenvalue weighted by atomic mass is 10.1. The molecule has 0 bridgehead atoms. The Bertz CT molecular complexity index is 938. The molecule has 5 nitrogen and oxygen atoms in total. The Kier molecular flexibility index (Phi) is 7.06. The van der Waals surface area contributed by atoms with Crippen molar-refractivity contribution in [3.8, 4) is 5.75 Å². The molecule has 0 aliphatic carbocycles. The first kappa shape index (κ1) is 21.1. The topological polar surface area (TPSA) is 58.6 Å². The number of ether oxygens (including phenoxy) is 1. The van der Waals surface area contributed by atoms with Gasteiger partial charge in [0.1, 0.15) is 10.1 Å². The van der Waals surface area contributed by atoms with Crippen molar-refractivity contribution < 1.29 is 14.3 Å². The fourth-order valence-corrected chi connectivity index (χ4v) is 4.11. The number of methoxy groups -OCH3 is 1. The van der Waals surface area contributed by atoms with E-state index in [1.165, 1.54) is 17.3 Å². The third kappa shape index (κ3) is 5.68. The molecule has 29 heavy (non-hydrogen) atoms. The van der Waals surface area contributed by atoms with E-state index in [-0.39, 0.29) is 11.8 Å². The Morgan fingerprint density at radius 3 is 2.52 bits per heavy atom. The maximum Gasteiger partial charge on any atom is 0.266 e. The molecule has 150 valence electrons. The Morgan fingerprint density at radius 2 is 1.86 bits per heavy atom. The van der Waals surface area contributed by atoms with Crippen molar-refractivity contribution in [3.63, 3.8) is 0 Å². The zero-order valence-corrected chi connectivity index (χ0v) is 17.9. The minimum absolute atomic E-state index is 0.101. The minimum Gasteiger partial charge on any atom is -0.497 e. The van der Waals surface area contributed by atoms with E-state index in [1.807, 2.05) is 37.3 Å². The molecule has 1 saturated heterocycles. The van der Waals surface area contributed by atoms with Gasteiger partial charge >= 0.3 is 0 Å². The average Bonchev–Trinajstić information content (AvgIpc) is 2.97. The summed E-state index contributed by atoms with van der Waals surface area (Å²) in [6.45, 7) is 2.44. The molecule has 0 saturated carbocycles. The zero-order valence-electron chi connectivity index (χ0n) is 16.3. The normalized spacial score (nSPS) is 15.1. The van der Waals surface area contributed by atoms with Gasteiger partial charge in [-0.1, -0.05) is 53.8 Å². The van der Waals surface area contributed by atoms with Crippen LogP contribution in [0.3, 0.4) is 0 Å². The smallest absolute Gasteiger partial charge is 0.266 e. The molecule has 0 spiro atoms. The summed E-state index contributed by atoms with van der Waals surface area (Å²) < 4.78 is 5.63. The molecule has 7 heteroatoms. The first-order valence-electron chi connectivity index (χ1n) is 9.22. The standard InChI is InChI=1S/C22H22N2O3S2/c1-15-5-7-16(8-6-15)14-19-21(26)24(22(28)29-19)13-3-4-20(25)23-17-9-11-18(27-2)12-10-17/h5-12,14H,3-4,13H2,1-2H3,(H,23,25). The predicted molar refractivity (Wildman–Crippen MR) is 122 cm³/mol. The van der Waals surface area contributed by atoms with Crippen LogP contribution in [0.4, 0.5) is 5.69 Å². The summed E-state index contributed by atoms with van der Waals surface area (Å²) in [5.41, 5.74) is 2.85. The van der Waals surface area contributed by atoms with Crippen LogP contribution in [-0.4, -0.2) is 34.7 Å². The van der Waals surface area contributed by atoms with Crippen LogP contribution >= 0.6 is 24.0 Å². The van der Waals surface area contributed by atoms with E-state index in [4.69, 9.17) is 17.0 Å². The lowest BCUT2D eigenvalue weighted by Gasteiger charge is -2.14. The molecule has 0 unspecified atom stereocenters. The fraction of sp³-hybridized carbons (Fsp3) is 0.227. The summed E-state index contributed by atoms with van der Waals surface area (Å²) in [5.74, 6) is 0.531. The molecule has 2 amide bonds. The number of aryl methyl sites for hydroxylation is 1. The van der Waals surface area contributed by atoms with Gasteiger partial charge in [-0.2, -0.15) is 0 Å². The zero-order chi connectivity index (χ0) is 20.8. The van der Waals surface area contributed by atoms with E-state index in [1.54, 1.807) is 36.3 Å². The van der Waals surface area contributed by atoms with Gasteiger partial charge in [0.2, 0.25) is 5.91 Å². The molecule has 0 aromatic heterocycles. The van der Waals surface area contributed by atoms with Gasteiger partial charge in [-0.3, -0.25) is 14.5 Å². The molecule has 0 radical (unpaired) electrons. The molecular weight excluding hydrogens is 404 g/mol. The molecule has 2 aromatic rings. The highest BCUT2D eigenvalue weighted by molar-refractivity contribution is 8.26. The molecule has 0 atom stereocenters. The molecule has 1 heterocycles. The molecule has 3 rings (SSSR count). The number of anilines is 1. The summed E-state index contributed by atoms with van der Waals surface area (Å²) >= 11 is 6.66. The lowest BCUT2D eigenvalue weighted by Crippen LogP contribution is -2.29. The van der Waals surface area contributed by atoms with Crippen molar-refractivity contribution in [3.05, 3.63) is 64.6 Å². The summed E-state index contributed by atoms with van der Waals surface area (Å²) in [4.78, 5) is 27.0. The Balaban J connectivity index is 1.51. The lowest BCUT2D eigenvalue weighted by molar-refractivity contribution is -0.122. The number of thiocarbonyl (C=S) groups is 1. The van der Waals surface area contributed by atoms with Crippen LogP contribution in [0.1, 0.15) is 24.0 Å². The second-order valence-electron chi connectivity index (χ2n) is 6.62. The van der Waals surface area contributed by atoms with Crippen molar-refractivity contribution >= 4 is 51.9 Å². The van der Waals surface area contributed by atoms with E-state index in [9.17, 15) is 9.59 Å². The van der Waals surface area contributed by atoms with Crippen molar-refractivity contribution in [1.29, 1.82) is 0 Å². The first-order chi connectivity index (χ1) is 14.0. The number of nitrogens with zero attached hydrogens (tertiary/aromatic N) is 1. The monoisotopic (exact) mass is 426 g/mol. The predicted octanol–water partition coefficient (Wildman–Crippen LogP) is 4.62. The number of hydrogen-bond acceptors (Lipinski definition) is 5. The number of carbonyl (C=O) groups is 2. The Morgan fingerprint density at radius 1 is 1.17 bits per heavy atom. The Hall–Kier alpha value is -2.64. The van der Waals surface area contributed by atoms with Crippen molar-refractivity contribution in [2.75, 3.05) is 19.0 Å². The second-order valence-corrected chi connectivity index (χ2v) is 8.30. The van der Waals surface area contributed by atoms with Gasteiger partial charge in [0, 0.05) is 18.7 Å². The van der Waals surface area contributed by atoms with Crippen LogP contribution in [0.5, 0.6) is 5.75 Å². The van der Waals surface area contributed by atoms with Gasteiger partial charge in [0.05, 0.1) is 12.0 Å². The maximum absolute atomic E-state index is 12.7. The van der Waals surface area contributed by atoms with Crippen LogP contribution in [0, 0.1) is 6.92 Å². The summed E-state index contributed by atoms with van der Waals surface area (Å²) in [6.07, 6.45) is 2.70. The van der Waals surface area contributed by atoms with Gasteiger partial charge in [-0.25, -0.2) is 0 Å². The largest absolute Gasteiger partial charge is 0.497 e. The number of hydrogen-bond donors (Lipinski definition) is 1. The van der Waals surface area contributed by atoms with E-state index in [0.717, 1.165) is 11.3 Å². The molecular formula is C22H22N2O3S2. The third-order valence-electron chi connectivity index (χ3n) is 4.41. The summed E-state index contributed by atoms with van der Waals surface area (Å²) in [7, 11) is 1.59. The highest BCUT2D eigenvalue weighted by atomic mass is 32.2. The summed E-state index contributed by atoms with van der Waals surface area (Å²) in [6, 6.07) is 15.1. The van der Waals surface area contributed by atoms with Crippen molar-refractivity contribution in [2.24, 2.45) is 0 Å². The maximum atomic E-state index is 12.7. The van der Waals surface area contributed by atoms with Crippen LogP contribution in [0.2, 0.25) is 0 Å². The van der Waals surface area contributed by atoms with Crippen LogP contribution in [0.15, 0.2) is 53.4 Å². The minimum atomic E-state index is -0.101. The van der Waals surface area contributed by atoms with Crippen LogP contribution in [0.25, 0.3) is 6.08 Å². The average molecular weight is 427 g/mol. The highest BCUT2D eigenvalue weighted by Crippen LogP contribution is 2.32. The van der Waals surface area contributed by atoms with Crippen LogP contribution in [-0.2, 0) is 9.59 Å². The third-order valence-corrected chi connectivity index (χ3v) is 5.79. The van der Waals surface area contributed by atoms with E-state index in [2.05, 4.69) is 5.32 Å². The van der Waals surface area contributed by atoms with Crippen molar-refractivity contribution in [2.45, 2.75) is 19.8 Å². The molecule has 1 N–H and O–H groups in total. The fourth-order valence-electron chi connectivity index (χ4n) is 2.80. The molecule has 2 aromatic carbocycles. The number of amides is 2. The number of nitrogens with one attached hydrogen (secondary N) is 1. The van der Waals surface area contributed by atoms with Crippen molar-refractivity contribution in [1.82, 2.24) is 4.90 Å². The number of thioether (sulfide) groups is 1. The van der Waals surface area contributed by atoms with E-state index < -0.39 is 0 Å². The summed E-state index contributed by atoms with van der Waals surface area (Å²) in [5, 5.41) is 2.84. The van der Waals surface area contributed by atoms with Crippen LogP contribution < -0.4 is 10.1 Å². The molecule has 1 aliphatic rings. The first-order valence-corrected chi connectivity index (χ1v) is 10.4. The van der Waals surface area contributed by atoms with Gasteiger partial charge in [0.15, 0.2) is 0 Å². The second kappa shape index (κ2) is 9.71. The highest BCUT2D eigenvalue weighted by Gasteiger charge is 2.31. The van der Waals surface area contributed by atoms with Gasteiger partial charge < -0.3 is 10.1 Å². The number of carbonyl (C=O) groups excluding carboxylic acids is 2. The van der Waals surface area contributed by atoms with E-state index >= 15 is 0 Å². The SMILES string of the molecule is COc1ccc(NC(=O)CCCN2C(=O)C(=Cc3ccc(C)cc3)SC2=S)cc1. The molecule has 1 fully saturated rings. The van der Waals surface area contributed by atoms with E-state index in [0.29, 0.717) is 34.3 Å². The number of benzene rings is 2. The molecule has 1 aliphatic heterocycles.